The van der Waals surface area contributed by atoms with Crippen molar-refractivity contribution in [1.29, 1.82) is 0 Å². The fraction of sp³-hybridized carbons (Fsp3) is 0.467. The third-order valence-electron chi connectivity index (χ3n) is 6.54. The fourth-order valence-corrected chi connectivity index (χ4v) is 4.68. The number of aryl methyl sites for hydroxylation is 1. The van der Waals surface area contributed by atoms with Crippen LogP contribution in [0.5, 0.6) is 0 Å². The molecule has 0 saturated carbocycles. The molecule has 198 valence electrons. The molecule has 0 fully saturated rings. The Morgan fingerprint density at radius 1 is 1.00 bits per heavy atom. The van der Waals surface area contributed by atoms with Gasteiger partial charge in [0.05, 0.1) is 35.7 Å². The number of hydrogen-bond acceptors (Lipinski definition) is 5. The van der Waals surface area contributed by atoms with Crippen LogP contribution in [0.3, 0.4) is 0 Å². The molecular formula is C30H39N3O4. The number of aromatic nitrogens is 2. The summed E-state index contributed by atoms with van der Waals surface area (Å²) in [7, 11) is 0. The van der Waals surface area contributed by atoms with Gasteiger partial charge in [0.2, 0.25) is 5.91 Å². The van der Waals surface area contributed by atoms with Gasteiger partial charge in [0.1, 0.15) is 5.82 Å². The number of fused-ring (bicyclic) bond motifs is 1. The van der Waals surface area contributed by atoms with E-state index in [1.165, 1.54) is 0 Å². The number of esters is 1. The van der Waals surface area contributed by atoms with Crippen molar-refractivity contribution in [3.05, 3.63) is 70.3 Å². The first-order valence-electron chi connectivity index (χ1n) is 13.4. The second-order valence-electron chi connectivity index (χ2n) is 9.34. The first kappa shape index (κ1) is 28.1. The van der Waals surface area contributed by atoms with Gasteiger partial charge in [-0.25, -0.2) is 4.98 Å². The largest absolute Gasteiger partial charge is 0.466 e. The second kappa shape index (κ2) is 13.7. The fourth-order valence-electron chi connectivity index (χ4n) is 4.68. The molecule has 1 unspecified atom stereocenters. The van der Waals surface area contributed by atoms with Crippen LogP contribution in [-0.4, -0.2) is 39.5 Å². The molecular weight excluding hydrogens is 466 g/mol. The lowest BCUT2D eigenvalue weighted by Crippen LogP contribution is -2.39. The maximum Gasteiger partial charge on any atom is 0.306 e. The lowest BCUT2D eigenvalue weighted by atomic mass is 10.1. The van der Waals surface area contributed by atoms with Gasteiger partial charge in [0, 0.05) is 13.0 Å². The molecule has 7 heteroatoms. The molecule has 2 aromatic carbocycles. The predicted molar refractivity (Wildman–Crippen MR) is 147 cm³/mol. The van der Waals surface area contributed by atoms with Crippen molar-refractivity contribution < 1.29 is 14.3 Å². The molecule has 3 rings (SSSR count). The van der Waals surface area contributed by atoms with E-state index in [1.54, 1.807) is 17.6 Å². The number of amides is 1. The number of carbonyl (C=O) groups excluding carboxylic acids is 2. The van der Waals surface area contributed by atoms with E-state index in [0.29, 0.717) is 29.7 Å². The summed E-state index contributed by atoms with van der Waals surface area (Å²) in [6.45, 7) is 8.72. The van der Waals surface area contributed by atoms with Gasteiger partial charge >= 0.3 is 5.97 Å². The average Bonchev–Trinajstić information content (AvgIpc) is 2.89. The highest BCUT2D eigenvalue weighted by Gasteiger charge is 2.29. The Bertz CT molecular complexity index is 1270. The highest BCUT2D eigenvalue weighted by molar-refractivity contribution is 5.82. The number of benzene rings is 2. The number of rotatable bonds is 13. The standard InChI is InChI=1S/C30H39N3O4/c1-5-8-9-12-20-32(27(34)18-19-28(35)37-7-3)26(6-2)29-31-25-17-11-10-16-24(25)30(36)33(29)23-15-13-14-22(4)21-23/h10-11,13-17,21,26H,5-9,12,18-20H2,1-4H3. The minimum absolute atomic E-state index is 0.0321. The molecule has 1 atom stereocenters. The van der Waals surface area contributed by atoms with Crippen LogP contribution >= 0.6 is 0 Å². The van der Waals surface area contributed by atoms with E-state index >= 15 is 0 Å². The minimum atomic E-state index is -0.422. The molecule has 1 heterocycles. The summed E-state index contributed by atoms with van der Waals surface area (Å²) >= 11 is 0. The number of nitrogens with zero attached hydrogens (tertiary/aromatic N) is 3. The molecule has 1 aromatic heterocycles. The van der Waals surface area contributed by atoms with Crippen LogP contribution in [0.25, 0.3) is 16.6 Å². The van der Waals surface area contributed by atoms with E-state index in [9.17, 15) is 14.4 Å². The predicted octanol–water partition coefficient (Wildman–Crippen LogP) is 5.90. The van der Waals surface area contributed by atoms with Gasteiger partial charge in [-0.05, 0) is 56.5 Å². The van der Waals surface area contributed by atoms with Crippen molar-refractivity contribution in [2.24, 2.45) is 0 Å². The number of para-hydroxylation sites is 1. The van der Waals surface area contributed by atoms with E-state index in [4.69, 9.17) is 9.72 Å². The van der Waals surface area contributed by atoms with Gasteiger partial charge in [-0.1, -0.05) is 57.4 Å². The summed E-state index contributed by atoms with van der Waals surface area (Å²) in [5.41, 5.74) is 2.20. The summed E-state index contributed by atoms with van der Waals surface area (Å²) in [6.07, 6.45) is 4.70. The molecule has 3 aromatic rings. The maximum atomic E-state index is 13.8. The van der Waals surface area contributed by atoms with Crippen molar-refractivity contribution in [3.63, 3.8) is 0 Å². The Kier molecular flexibility index (Phi) is 10.4. The number of unbranched alkanes of at least 4 members (excludes halogenated alkanes) is 3. The van der Waals surface area contributed by atoms with E-state index in [-0.39, 0.29) is 36.9 Å². The molecule has 0 N–H and O–H groups in total. The van der Waals surface area contributed by atoms with Crippen molar-refractivity contribution in [3.8, 4) is 5.69 Å². The van der Waals surface area contributed by atoms with E-state index in [1.807, 2.05) is 61.2 Å². The third kappa shape index (κ3) is 7.06. The van der Waals surface area contributed by atoms with Gasteiger partial charge in [-0.3, -0.25) is 19.0 Å². The lowest BCUT2D eigenvalue weighted by Gasteiger charge is -2.32. The molecule has 1 amide bonds. The van der Waals surface area contributed by atoms with Crippen molar-refractivity contribution in [2.75, 3.05) is 13.2 Å². The Labute approximate surface area is 219 Å². The van der Waals surface area contributed by atoms with Crippen LogP contribution in [0.1, 0.15) is 83.1 Å². The van der Waals surface area contributed by atoms with Crippen LogP contribution in [0.4, 0.5) is 0 Å². The first-order valence-corrected chi connectivity index (χ1v) is 13.4. The summed E-state index contributed by atoms with van der Waals surface area (Å²) in [5.74, 6) is 0.0294. The number of carbonyl (C=O) groups is 2. The molecule has 0 aliphatic heterocycles. The number of hydrogen-bond donors (Lipinski definition) is 0. The molecule has 0 spiro atoms. The SMILES string of the molecule is CCCCCCN(C(=O)CCC(=O)OCC)C(CC)c1nc2ccccc2c(=O)n1-c1cccc(C)c1. The Morgan fingerprint density at radius 3 is 2.49 bits per heavy atom. The zero-order valence-corrected chi connectivity index (χ0v) is 22.5. The van der Waals surface area contributed by atoms with Crippen LogP contribution in [0.2, 0.25) is 0 Å². The molecule has 0 aliphatic carbocycles. The van der Waals surface area contributed by atoms with Crippen LogP contribution in [0.15, 0.2) is 53.3 Å². The van der Waals surface area contributed by atoms with Gasteiger partial charge in [0.25, 0.3) is 5.56 Å². The van der Waals surface area contributed by atoms with Crippen LogP contribution in [0, 0.1) is 6.92 Å². The van der Waals surface area contributed by atoms with Crippen molar-refractivity contribution >= 4 is 22.8 Å². The highest BCUT2D eigenvalue weighted by Crippen LogP contribution is 2.27. The maximum absolute atomic E-state index is 13.8. The Balaban J connectivity index is 2.11. The van der Waals surface area contributed by atoms with E-state index in [2.05, 4.69) is 6.92 Å². The van der Waals surface area contributed by atoms with E-state index in [0.717, 1.165) is 36.9 Å². The van der Waals surface area contributed by atoms with Gasteiger partial charge in [-0.15, -0.1) is 0 Å². The van der Waals surface area contributed by atoms with Crippen molar-refractivity contribution in [1.82, 2.24) is 14.5 Å². The topological polar surface area (TPSA) is 81.5 Å². The van der Waals surface area contributed by atoms with Gasteiger partial charge < -0.3 is 9.64 Å². The minimum Gasteiger partial charge on any atom is -0.466 e. The lowest BCUT2D eigenvalue weighted by molar-refractivity contribution is -0.146. The average molecular weight is 506 g/mol. The molecule has 0 aliphatic rings. The van der Waals surface area contributed by atoms with Crippen LogP contribution < -0.4 is 5.56 Å². The molecule has 0 saturated heterocycles. The number of ether oxygens (including phenoxy) is 1. The highest BCUT2D eigenvalue weighted by atomic mass is 16.5. The Hall–Kier alpha value is -3.48. The van der Waals surface area contributed by atoms with Crippen LogP contribution in [-0.2, 0) is 14.3 Å². The zero-order chi connectivity index (χ0) is 26.8. The zero-order valence-electron chi connectivity index (χ0n) is 22.5. The Morgan fingerprint density at radius 2 is 1.78 bits per heavy atom. The molecule has 0 bridgehead atoms. The smallest absolute Gasteiger partial charge is 0.306 e. The quantitative estimate of drug-likeness (QED) is 0.213. The third-order valence-corrected chi connectivity index (χ3v) is 6.54. The normalized spacial score (nSPS) is 11.9. The van der Waals surface area contributed by atoms with Gasteiger partial charge in [-0.2, -0.15) is 0 Å². The van der Waals surface area contributed by atoms with E-state index < -0.39 is 6.04 Å². The monoisotopic (exact) mass is 505 g/mol. The molecule has 7 nitrogen and oxygen atoms in total. The molecule has 37 heavy (non-hydrogen) atoms. The summed E-state index contributed by atoms with van der Waals surface area (Å²) in [4.78, 5) is 46.1. The molecule has 0 radical (unpaired) electrons. The van der Waals surface area contributed by atoms with Gasteiger partial charge in [0.15, 0.2) is 0 Å². The summed E-state index contributed by atoms with van der Waals surface area (Å²) in [6, 6.07) is 14.7. The first-order chi connectivity index (χ1) is 17.9. The summed E-state index contributed by atoms with van der Waals surface area (Å²) in [5, 5.41) is 0.533. The summed E-state index contributed by atoms with van der Waals surface area (Å²) < 4.78 is 6.70. The second-order valence-corrected chi connectivity index (χ2v) is 9.34. The van der Waals surface area contributed by atoms with Crippen molar-refractivity contribution in [2.45, 2.75) is 78.7 Å².